The number of piperazine rings is 1. The third-order valence-corrected chi connectivity index (χ3v) is 4.75. The quantitative estimate of drug-likeness (QED) is 0.849. The molecule has 0 radical (unpaired) electrons. The van der Waals surface area contributed by atoms with Gasteiger partial charge in [-0.15, -0.1) is 0 Å². The van der Waals surface area contributed by atoms with Crippen LogP contribution in [0.4, 0.5) is 0 Å². The first kappa shape index (κ1) is 19.5. The normalized spacial score (nSPS) is 17.1. The second kappa shape index (κ2) is 8.17. The highest BCUT2D eigenvalue weighted by Gasteiger charge is 2.24. The highest BCUT2D eigenvalue weighted by Crippen LogP contribution is 2.32. The molecule has 2 heterocycles. The fourth-order valence-corrected chi connectivity index (χ4v) is 3.25. The van der Waals surface area contributed by atoms with E-state index in [0.717, 1.165) is 32.7 Å². The van der Waals surface area contributed by atoms with E-state index in [1.807, 2.05) is 4.90 Å². The fourth-order valence-electron chi connectivity index (χ4n) is 3.25. The van der Waals surface area contributed by atoms with E-state index in [1.54, 1.807) is 18.2 Å². The predicted octanol–water partition coefficient (Wildman–Crippen LogP) is 1.73. The van der Waals surface area contributed by atoms with Gasteiger partial charge >= 0.3 is 0 Å². The molecular formula is C20H29N3O4. The number of amides is 2. The monoisotopic (exact) mass is 375 g/mol. The van der Waals surface area contributed by atoms with E-state index in [9.17, 15) is 9.59 Å². The summed E-state index contributed by atoms with van der Waals surface area (Å²) in [5.74, 6) is 1.40. The van der Waals surface area contributed by atoms with Gasteiger partial charge in [-0.05, 0) is 23.6 Å². The van der Waals surface area contributed by atoms with Gasteiger partial charge in [0, 0.05) is 51.3 Å². The standard InChI is InChI=1S/C20H29N3O4/c1-20(2,3)13-18(24)23-10-8-22(9-11-23)7-6-21-19(25)15-4-5-16-17(12-15)27-14-26-16/h4-5,12H,6-11,13-14H2,1-3H3,(H,21,25). The number of hydrogen-bond donors (Lipinski definition) is 1. The van der Waals surface area contributed by atoms with E-state index in [0.29, 0.717) is 30.0 Å². The Labute approximate surface area is 160 Å². The minimum Gasteiger partial charge on any atom is -0.454 e. The van der Waals surface area contributed by atoms with E-state index >= 15 is 0 Å². The number of carbonyl (C=O) groups is 2. The van der Waals surface area contributed by atoms with Crippen LogP contribution in [0.5, 0.6) is 11.5 Å². The molecule has 0 unspecified atom stereocenters. The average Bonchev–Trinajstić information content (AvgIpc) is 3.08. The molecule has 2 aliphatic heterocycles. The molecule has 2 aliphatic rings. The molecule has 0 aromatic heterocycles. The molecule has 1 saturated heterocycles. The molecule has 3 rings (SSSR count). The average molecular weight is 375 g/mol. The first-order valence-corrected chi connectivity index (χ1v) is 9.50. The van der Waals surface area contributed by atoms with Gasteiger partial charge in [0.15, 0.2) is 11.5 Å². The molecule has 2 amide bonds. The minimum atomic E-state index is -0.118. The van der Waals surface area contributed by atoms with Crippen LogP contribution < -0.4 is 14.8 Å². The van der Waals surface area contributed by atoms with Gasteiger partial charge in [-0.2, -0.15) is 0 Å². The molecule has 0 spiro atoms. The number of benzene rings is 1. The van der Waals surface area contributed by atoms with Crippen LogP contribution in [0.15, 0.2) is 18.2 Å². The molecule has 7 nitrogen and oxygen atoms in total. The van der Waals surface area contributed by atoms with Gasteiger partial charge in [-0.1, -0.05) is 20.8 Å². The summed E-state index contributed by atoms with van der Waals surface area (Å²) >= 11 is 0. The molecule has 1 aromatic carbocycles. The second-order valence-electron chi connectivity index (χ2n) is 8.28. The number of fused-ring (bicyclic) bond motifs is 1. The Hall–Kier alpha value is -2.28. The van der Waals surface area contributed by atoms with Crippen molar-refractivity contribution >= 4 is 11.8 Å². The zero-order valence-electron chi connectivity index (χ0n) is 16.4. The van der Waals surface area contributed by atoms with Crippen LogP contribution in [-0.4, -0.2) is 67.7 Å². The SMILES string of the molecule is CC(C)(C)CC(=O)N1CCN(CCNC(=O)c2ccc3c(c2)OCO3)CC1. The maximum absolute atomic E-state index is 12.3. The van der Waals surface area contributed by atoms with Crippen molar-refractivity contribution in [1.82, 2.24) is 15.1 Å². The van der Waals surface area contributed by atoms with Crippen molar-refractivity contribution in [2.24, 2.45) is 5.41 Å². The Morgan fingerprint density at radius 1 is 1.07 bits per heavy atom. The van der Waals surface area contributed by atoms with Crippen LogP contribution in [0.1, 0.15) is 37.6 Å². The predicted molar refractivity (Wildman–Crippen MR) is 102 cm³/mol. The number of carbonyl (C=O) groups excluding carboxylic acids is 2. The molecule has 1 fully saturated rings. The van der Waals surface area contributed by atoms with Crippen LogP contribution >= 0.6 is 0 Å². The number of rotatable bonds is 5. The second-order valence-corrected chi connectivity index (χ2v) is 8.28. The van der Waals surface area contributed by atoms with Gasteiger partial charge in [0.05, 0.1) is 0 Å². The zero-order chi connectivity index (χ0) is 19.4. The smallest absolute Gasteiger partial charge is 0.251 e. The van der Waals surface area contributed by atoms with Crippen molar-refractivity contribution in [3.63, 3.8) is 0 Å². The lowest BCUT2D eigenvalue weighted by Crippen LogP contribution is -2.50. The summed E-state index contributed by atoms with van der Waals surface area (Å²) in [6.07, 6.45) is 0.582. The van der Waals surface area contributed by atoms with E-state index < -0.39 is 0 Å². The van der Waals surface area contributed by atoms with E-state index in [2.05, 4.69) is 31.0 Å². The lowest BCUT2D eigenvalue weighted by molar-refractivity contribution is -0.134. The Kier molecular flexibility index (Phi) is 5.89. The number of hydrogen-bond acceptors (Lipinski definition) is 5. The molecule has 0 bridgehead atoms. The van der Waals surface area contributed by atoms with Crippen LogP contribution in [-0.2, 0) is 4.79 Å². The molecule has 0 saturated carbocycles. The van der Waals surface area contributed by atoms with E-state index in [-0.39, 0.29) is 24.0 Å². The Bertz CT molecular complexity index is 691. The third kappa shape index (κ3) is 5.35. The van der Waals surface area contributed by atoms with Crippen molar-refractivity contribution in [2.45, 2.75) is 27.2 Å². The summed E-state index contributed by atoms with van der Waals surface area (Å²) in [4.78, 5) is 28.8. The number of nitrogens with zero attached hydrogens (tertiary/aromatic N) is 2. The van der Waals surface area contributed by atoms with Gasteiger partial charge in [-0.25, -0.2) is 0 Å². The molecule has 1 aromatic rings. The van der Waals surface area contributed by atoms with Crippen LogP contribution in [0.25, 0.3) is 0 Å². The van der Waals surface area contributed by atoms with Gasteiger partial charge in [0.1, 0.15) is 0 Å². The summed E-state index contributed by atoms with van der Waals surface area (Å²) in [6.45, 7) is 11.0. The maximum Gasteiger partial charge on any atom is 0.251 e. The van der Waals surface area contributed by atoms with E-state index in [1.165, 1.54) is 0 Å². The molecule has 7 heteroatoms. The molecular weight excluding hydrogens is 346 g/mol. The molecule has 1 N–H and O–H groups in total. The molecule has 27 heavy (non-hydrogen) atoms. The maximum atomic E-state index is 12.3. The van der Waals surface area contributed by atoms with Gasteiger partial charge in [-0.3, -0.25) is 14.5 Å². The summed E-state index contributed by atoms with van der Waals surface area (Å²) < 4.78 is 10.6. The zero-order valence-corrected chi connectivity index (χ0v) is 16.4. The topological polar surface area (TPSA) is 71.1 Å². The lowest BCUT2D eigenvalue weighted by atomic mass is 9.91. The summed E-state index contributed by atoms with van der Waals surface area (Å²) in [6, 6.07) is 5.20. The highest BCUT2D eigenvalue weighted by molar-refractivity contribution is 5.94. The number of ether oxygens (including phenoxy) is 2. The molecule has 0 atom stereocenters. The highest BCUT2D eigenvalue weighted by atomic mass is 16.7. The minimum absolute atomic E-state index is 0.0211. The van der Waals surface area contributed by atoms with Crippen molar-refractivity contribution in [3.05, 3.63) is 23.8 Å². The molecule has 0 aliphatic carbocycles. The Morgan fingerprint density at radius 2 is 1.78 bits per heavy atom. The Balaban J connectivity index is 1.38. The van der Waals surface area contributed by atoms with Crippen LogP contribution in [0.3, 0.4) is 0 Å². The van der Waals surface area contributed by atoms with Crippen LogP contribution in [0, 0.1) is 5.41 Å². The third-order valence-electron chi connectivity index (χ3n) is 4.75. The van der Waals surface area contributed by atoms with Crippen molar-refractivity contribution in [1.29, 1.82) is 0 Å². The van der Waals surface area contributed by atoms with Gasteiger partial charge in [0.2, 0.25) is 12.7 Å². The van der Waals surface area contributed by atoms with Gasteiger partial charge < -0.3 is 19.7 Å². The van der Waals surface area contributed by atoms with Crippen molar-refractivity contribution in [3.8, 4) is 11.5 Å². The fraction of sp³-hybridized carbons (Fsp3) is 0.600. The van der Waals surface area contributed by atoms with Gasteiger partial charge in [0.25, 0.3) is 5.91 Å². The Morgan fingerprint density at radius 3 is 2.48 bits per heavy atom. The van der Waals surface area contributed by atoms with Crippen molar-refractivity contribution < 1.29 is 19.1 Å². The summed E-state index contributed by atoms with van der Waals surface area (Å²) in [5, 5.41) is 2.94. The first-order valence-electron chi connectivity index (χ1n) is 9.50. The van der Waals surface area contributed by atoms with Crippen molar-refractivity contribution in [2.75, 3.05) is 46.1 Å². The number of nitrogens with one attached hydrogen (secondary N) is 1. The largest absolute Gasteiger partial charge is 0.454 e. The lowest BCUT2D eigenvalue weighted by Gasteiger charge is -2.36. The van der Waals surface area contributed by atoms with Crippen LogP contribution in [0.2, 0.25) is 0 Å². The molecule has 148 valence electrons. The first-order chi connectivity index (χ1) is 12.8. The summed E-state index contributed by atoms with van der Waals surface area (Å²) in [7, 11) is 0. The summed E-state index contributed by atoms with van der Waals surface area (Å²) in [5.41, 5.74) is 0.588. The van der Waals surface area contributed by atoms with E-state index in [4.69, 9.17) is 9.47 Å².